The molecule has 10 nitrogen and oxygen atoms in total. The van der Waals surface area contributed by atoms with Crippen LogP contribution < -0.4 is 10.8 Å². The first-order valence-corrected chi connectivity index (χ1v) is 10.3. The summed E-state index contributed by atoms with van der Waals surface area (Å²) in [5, 5.41) is 11.5. The highest BCUT2D eigenvalue weighted by atomic mass is 16.7. The predicted molar refractivity (Wildman–Crippen MR) is 116 cm³/mol. The van der Waals surface area contributed by atoms with Crippen molar-refractivity contribution in [2.24, 2.45) is 0 Å². The Balaban J connectivity index is 1.34. The van der Waals surface area contributed by atoms with Crippen LogP contribution in [0, 0.1) is 0 Å². The molecule has 2 amide bonds. The number of carbonyl (C=O) groups excluding carboxylic acids is 2. The molecule has 1 aliphatic rings. The molecule has 2 aromatic rings. The Morgan fingerprint density at radius 1 is 1.03 bits per heavy atom. The second kappa shape index (κ2) is 12.0. The molecule has 0 radical (unpaired) electrons. The summed E-state index contributed by atoms with van der Waals surface area (Å²) in [6.07, 6.45) is -1.91. The summed E-state index contributed by atoms with van der Waals surface area (Å²) in [5.41, 5.74) is 6.52. The van der Waals surface area contributed by atoms with Gasteiger partial charge >= 0.3 is 12.1 Å². The summed E-state index contributed by atoms with van der Waals surface area (Å²) in [6.45, 7) is -0.205. The van der Waals surface area contributed by atoms with Crippen molar-refractivity contribution in [1.82, 2.24) is 10.8 Å². The van der Waals surface area contributed by atoms with Gasteiger partial charge in [-0.15, -0.1) is 0 Å². The predicted octanol–water partition coefficient (Wildman–Crippen LogP) is 1.69. The summed E-state index contributed by atoms with van der Waals surface area (Å²) in [6, 6.07) is 16.1. The van der Waals surface area contributed by atoms with Gasteiger partial charge in [0.2, 0.25) is 6.10 Å². The van der Waals surface area contributed by atoms with Gasteiger partial charge in [0, 0.05) is 19.6 Å². The third-order valence-corrected chi connectivity index (χ3v) is 5.00. The number of alkyl carbamates (subject to hydrolysis) is 1. The van der Waals surface area contributed by atoms with Gasteiger partial charge in [0.05, 0.1) is 13.2 Å². The molecule has 3 rings (SSSR count). The van der Waals surface area contributed by atoms with E-state index in [0.717, 1.165) is 22.3 Å². The number of amides is 2. The fraction of sp³-hybridized carbons (Fsp3) is 0.348. The highest BCUT2D eigenvalue weighted by Gasteiger charge is 2.29. The van der Waals surface area contributed by atoms with Crippen molar-refractivity contribution in [3.05, 3.63) is 59.7 Å². The van der Waals surface area contributed by atoms with Crippen LogP contribution in [0.2, 0.25) is 0 Å². The Labute approximate surface area is 190 Å². The third kappa shape index (κ3) is 6.51. The maximum absolute atomic E-state index is 12.1. The minimum absolute atomic E-state index is 0.0316. The Hall–Kier alpha value is -3.47. The zero-order chi connectivity index (χ0) is 23.6. The number of methoxy groups -OCH3 is 1. The Morgan fingerprint density at radius 2 is 1.67 bits per heavy atom. The van der Waals surface area contributed by atoms with E-state index >= 15 is 0 Å². The summed E-state index contributed by atoms with van der Waals surface area (Å²) in [7, 11) is 1.31. The smallest absolute Gasteiger partial charge is 0.407 e. The Kier molecular flexibility index (Phi) is 8.76. The highest BCUT2D eigenvalue weighted by Crippen LogP contribution is 2.44. The van der Waals surface area contributed by atoms with E-state index in [4.69, 9.17) is 19.4 Å². The zero-order valence-corrected chi connectivity index (χ0v) is 18.1. The molecule has 0 aliphatic heterocycles. The minimum Gasteiger partial charge on any atom is -0.479 e. The fourth-order valence-corrected chi connectivity index (χ4v) is 3.51. The molecule has 1 aliphatic carbocycles. The van der Waals surface area contributed by atoms with Crippen LogP contribution in [0.15, 0.2) is 48.5 Å². The van der Waals surface area contributed by atoms with Crippen molar-refractivity contribution < 1.29 is 38.5 Å². The first-order valence-electron chi connectivity index (χ1n) is 10.3. The number of nitrogens with one attached hydrogen (secondary N) is 2. The first kappa shape index (κ1) is 24.2. The average molecular weight is 458 g/mol. The lowest BCUT2D eigenvalue weighted by molar-refractivity contribution is -0.166. The van der Waals surface area contributed by atoms with E-state index < -0.39 is 24.1 Å². The molecule has 0 spiro atoms. The molecule has 1 atom stereocenters. The number of rotatable bonds is 12. The van der Waals surface area contributed by atoms with Gasteiger partial charge in [-0.1, -0.05) is 48.5 Å². The van der Waals surface area contributed by atoms with E-state index in [1.165, 1.54) is 7.11 Å². The van der Waals surface area contributed by atoms with E-state index in [1.807, 2.05) is 41.9 Å². The molecule has 1 unspecified atom stereocenters. The normalized spacial score (nSPS) is 13.0. The summed E-state index contributed by atoms with van der Waals surface area (Å²) >= 11 is 0. The molecule has 2 aromatic carbocycles. The van der Waals surface area contributed by atoms with Crippen LogP contribution in [0.25, 0.3) is 11.1 Å². The SMILES string of the molecule is COCC(ONC(=O)COCCNC(=O)OCC1c2ccccc2-c2ccccc21)C(=O)O. The second-order valence-corrected chi connectivity index (χ2v) is 7.23. The molecule has 0 bridgehead atoms. The summed E-state index contributed by atoms with van der Waals surface area (Å²) in [5.74, 6) is -1.97. The number of aliphatic carboxylic acids is 1. The maximum atomic E-state index is 12.1. The number of hydrogen-bond donors (Lipinski definition) is 3. The van der Waals surface area contributed by atoms with Gasteiger partial charge in [-0.25, -0.2) is 15.1 Å². The van der Waals surface area contributed by atoms with Crippen LogP contribution in [0.1, 0.15) is 17.0 Å². The molecular formula is C23H26N2O8. The van der Waals surface area contributed by atoms with E-state index in [0.29, 0.717) is 0 Å². The Bertz CT molecular complexity index is 935. The van der Waals surface area contributed by atoms with Crippen LogP contribution in [-0.2, 0) is 28.6 Å². The van der Waals surface area contributed by atoms with Crippen molar-refractivity contribution in [1.29, 1.82) is 0 Å². The largest absolute Gasteiger partial charge is 0.479 e. The molecular weight excluding hydrogens is 432 g/mol. The number of ether oxygens (including phenoxy) is 3. The van der Waals surface area contributed by atoms with Crippen LogP contribution in [0.3, 0.4) is 0 Å². The lowest BCUT2D eigenvalue weighted by Gasteiger charge is -2.15. The van der Waals surface area contributed by atoms with Crippen LogP contribution in [0.4, 0.5) is 4.79 Å². The number of fused-ring (bicyclic) bond motifs is 3. The highest BCUT2D eigenvalue weighted by molar-refractivity contribution is 5.79. The van der Waals surface area contributed by atoms with Crippen LogP contribution in [0.5, 0.6) is 0 Å². The number of hydroxylamine groups is 1. The molecule has 3 N–H and O–H groups in total. The van der Waals surface area contributed by atoms with Crippen LogP contribution >= 0.6 is 0 Å². The van der Waals surface area contributed by atoms with Gasteiger partial charge in [0.25, 0.3) is 5.91 Å². The molecule has 0 saturated heterocycles. The van der Waals surface area contributed by atoms with Crippen molar-refractivity contribution in [3.63, 3.8) is 0 Å². The van der Waals surface area contributed by atoms with Crippen molar-refractivity contribution in [2.45, 2.75) is 12.0 Å². The standard InChI is InChI=1S/C23H26N2O8/c1-30-13-20(22(27)28)33-25-21(26)14-31-11-10-24-23(29)32-12-19-17-8-4-2-6-15(17)16-7-3-5-9-18(16)19/h2-9,19-20H,10-14H2,1H3,(H,24,29)(H,25,26)(H,27,28). The summed E-state index contributed by atoms with van der Waals surface area (Å²) in [4.78, 5) is 39.3. The van der Waals surface area contributed by atoms with Gasteiger partial charge < -0.3 is 24.6 Å². The topological polar surface area (TPSA) is 132 Å². The van der Waals surface area contributed by atoms with Crippen molar-refractivity contribution >= 4 is 18.0 Å². The van der Waals surface area contributed by atoms with Gasteiger partial charge in [-0.2, -0.15) is 0 Å². The van der Waals surface area contributed by atoms with Crippen molar-refractivity contribution in [2.75, 3.05) is 40.1 Å². The molecule has 0 saturated carbocycles. The van der Waals surface area contributed by atoms with E-state index in [2.05, 4.69) is 22.2 Å². The van der Waals surface area contributed by atoms with Crippen molar-refractivity contribution in [3.8, 4) is 11.1 Å². The monoisotopic (exact) mass is 458 g/mol. The number of hydrogen-bond acceptors (Lipinski definition) is 7. The number of benzene rings is 2. The molecule has 0 fully saturated rings. The number of carbonyl (C=O) groups is 3. The van der Waals surface area contributed by atoms with E-state index in [1.54, 1.807) is 0 Å². The quantitative estimate of drug-likeness (QED) is 0.323. The maximum Gasteiger partial charge on any atom is 0.407 e. The zero-order valence-electron chi connectivity index (χ0n) is 18.1. The van der Waals surface area contributed by atoms with E-state index in [-0.39, 0.29) is 38.9 Å². The number of carboxylic acids is 1. The molecule has 176 valence electrons. The van der Waals surface area contributed by atoms with Crippen LogP contribution in [-0.4, -0.2) is 69.3 Å². The molecule has 33 heavy (non-hydrogen) atoms. The molecule has 0 aromatic heterocycles. The second-order valence-electron chi connectivity index (χ2n) is 7.23. The molecule has 10 heteroatoms. The average Bonchev–Trinajstić information content (AvgIpc) is 3.13. The fourth-order valence-electron chi connectivity index (χ4n) is 3.51. The lowest BCUT2D eigenvalue weighted by Crippen LogP contribution is -2.38. The molecule has 0 heterocycles. The minimum atomic E-state index is -1.32. The van der Waals surface area contributed by atoms with Gasteiger partial charge in [-0.3, -0.25) is 9.63 Å². The van der Waals surface area contributed by atoms with E-state index in [9.17, 15) is 14.4 Å². The van der Waals surface area contributed by atoms with Gasteiger partial charge in [0.1, 0.15) is 13.2 Å². The number of carboxylic acid groups (broad SMARTS) is 1. The first-order chi connectivity index (χ1) is 16.0. The third-order valence-electron chi connectivity index (χ3n) is 5.00. The van der Waals surface area contributed by atoms with Gasteiger partial charge in [-0.05, 0) is 22.3 Å². The Morgan fingerprint density at radius 3 is 2.27 bits per heavy atom. The lowest BCUT2D eigenvalue weighted by atomic mass is 9.98. The van der Waals surface area contributed by atoms with Gasteiger partial charge in [0.15, 0.2) is 0 Å². The summed E-state index contributed by atoms with van der Waals surface area (Å²) < 4.78 is 15.2.